The van der Waals surface area contributed by atoms with Crippen LogP contribution >= 0.6 is 0 Å². The third kappa shape index (κ3) is 3.01. The molecule has 7 heteroatoms. The number of nitrogens with zero attached hydrogens (tertiary/aromatic N) is 3. The maximum Gasteiger partial charge on any atom is 0.181 e. The molecule has 30 heavy (non-hydrogen) atoms. The van der Waals surface area contributed by atoms with Gasteiger partial charge in [-0.05, 0) is 43.2 Å². The minimum Gasteiger partial charge on any atom is -0.497 e. The van der Waals surface area contributed by atoms with Gasteiger partial charge in [0.15, 0.2) is 12.2 Å². The molecule has 4 aromatic rings. The van der Waals surface area contributed by atoms with Crippen molar-refractivity contribution in [2.75, 3.05) is 23.7 Å². The van der Waals surface area contributed by atoms with Gasteiger partial charge in [-0.1, -0.05) is 12.1 Å². The monoisotopic (exact) mass is 421 g/mol. The van der Waals surface area contributed by atoms with Crippen LogP contribution in [-0.4, -0.2) is 33.2 Å². The zero-order chi connectivity index (χ0) is 20.7. The van der Waals surface area contributed by atoms with E-state index in [1.165, 1.54) is 6.39 Å². The normalized spacial score (nSPS) is 16.5. The summed E-state index contributed by atoms with van der Waals surface area (Å²) in [6.07, 6.45) is 4.18. The minimum atomic E-state index is -0.923. The number of anilines is 1. The minimum absolute atomic E-state index is 0.733. The number of fused-ring (bicyclic) bond motifs is 1. The predicted molar refractivity (Wildman–Crippen MR) is 120 cm³/mol. The van der Waals surface area contributed by atoms with Crippen LogP contribution in [0, 0.1) is 0 Å². The molecule has 0 radical (unpaired) electrons. The number of ether oxygens (including phenoxy) is 1. The Morgan fingerprint density at radius 3 is 2.67 bits per heavy atom. The fraction of sp³-hybridized carbons (Fsp3) is 0.261. The second-order valence-electron chi connectivity index (χ2n) is 7.24. The molecule has 2 aromatic carbocycles. The van der Waals surface area contributed by atoms with E-state index in [0.29, 0.717) is 0 Å². The summed E-state index contributed by atoms with van der Waals surface area (Å²) in [5.41, 5.74) is 5.25. The Morgan fingerprint density at radius 1 is 1.20 bits per heavy atom. The van der Waals surface area contributed by atoms with Crippen LogP contribution in [0.4, 0.5) is 5.69 Å². The third-order valence-corrected chi connectivity index (χ3v) is 7.14. The summed E-state index contributed by atoms with van der Waals surface area (Å²) in [6, 6.07) is 14.4. The van der Waals surface area contributed by atoms with Gasteiger partial charge in [0.2, 0.25) is 0 Å². The number of oxazole rings is 1. The van der Waals surface area contributed by atoms with Crippen LogP contribution in [0.3, 0.4) is 0 Å². The second kappa shape index (κ2) is 7.65. The summed E-state index contributed by atoms with van der Waals surface area (Å²) >= 11 is 0. The molecule has 3 heterocycles. The summed E-state index contributed by atoms with van der Waals surface area (Å²) in [7, 11) is 0.758. The quantitative estimate of drug-likeness (QED) is 0.461. The Morgan fingerprint density at radius 2 is 2.03 bits per heavy atom. The fourth-order valence-corrected chi connectivity index (χ4v) is 5.54. The molecule has 1 atom stereocenters. The van der Waals surface area contributed by atoms with Crippen molar-refractivity contribution in [3.63, 3.8) is 0 Å². The van der Waals surface area contributed by atoms with Gasteiger partial charge in [0.05, 0.1) is 30.1 Å². The first-order chi connectivity index (χ1) is 14.7. The van der Waals surface area contributed by atoms with Gasteiger partial charge in [-0.25, -0.2) is 9.19 Å². The van der Waals surface area contributed by atoms with Crippen LogP contribution < -0.4 is 9.04 Å². The number of methoxy groups -OCH3 is 1. The number of hydrogen-bond acceptors (Lipinski definition) is 4. The highest BCUT2D eigenvalue weighted by atomic mass is 32.2. The molecule has 2 aromatic heterocycles. The maximum absolute atomic E-state index is 12.2. The van der Waals surface area contributed by atoms with Gasteiger partial charge in [-0.2, -0.15) is 0 Å². The molecule has 1 aliphatic heterocycles. The Bertz CT molecular complexity index is 1210. The molecule has 6 nitrogen and oxygen atoms in total. The van der Waals surface area contributed by atoms with Gasteiger partial charge in [0.25, 0.3) is 0 Å². The van der Waals surface area contributed by atoms with Crippen molar-refractivity contribution >= 4 is 27.6 Å². The molecule has 1 aliphatic rings. The lowest BCUT2D eigenvalue weighted by Gasteiger charge is -2.17. The van der Waals surface area contributed by atoms with Gasteiger partial charge in [0, 0.05) is 36.0 Å². The van der Waals surface area contributed by atoms with Crippen molar-refractivity contribution in [1.29, 1.82) is 0 Å². The second-order valence-corrected chi connectivity index (χ2v) is 8.74. The van der Waals surface area contributed by atoms with Crippen LogP contribution in [-0.2, 0) is 17.5 Å². The SMILES string of the molecule is CCn1c(-c2ccc(N3CCCS3=O)cc2)c(-c2cnco2)c2ccc(OC)cc21. The van der Waals surface area contributed by atoms with E-state index in [1.54, 1.807) is 13.3 Å². The highest BCUT2D eigenvalue weighted by Crippen LogP contribution is 2.42. The Hall–Kier alpha value is -3.06. The molecule has 5 rings (SSSR count). The molecule has 0 aliphatic carbocycles. The molecule has 0 saturated carbocycles. The van der Waals surface area contributed by atoms with E-state index in [9.17, 15) is 4.21 Å². The zero-order valence-corrected chi connectivity index (χ0v) is 17.8. The zero-order valence-electron chi connectivity index (χ0n) is 17.0. The van der Waals surface area contributed by atoms with E-state index < -0.39 is 11.0 Å². The molecular formula is C23H23N3O3S. The first-order valence-corrected chi connectivity index (χ1v) is 11.3. The summed E-state index contributed by atoms with van der Waals surface area (Å²) < 4.78 is 27.7. The van der Waals surface area contributed by atoms with Crippen molar-refractivity contribution in [2.24, 2.45) is 0 Å². The average Bonchev–Trinajstić information content (AvgIpc) is 3.51. The molecular weight excluding hydrogens is 398 g/mol. The Kier molecular flexibility index (Phi) is 4.83. The molecule has 154 valence electrons. The van der Waals surface area contributed by atoms with E-state index >= 15 is 0 Å². The van der Waals surface area contributed by atoms with Crippen LogP contribution in [0.15, 0.2) is 59.5 Å². The molecule has 1 fully saturated rings. The van der Waals surface area contributed by atoms with Crippen molar-refractivity contribution in [3.05, 3.63) is 55.1 Å². The van der Waals surface area contributed by atoms with E-state index in [0.717, 1.165) is 70.2 Å². The summed E-state index contributed by atoms with van der Waals surface area (Å²) in [5, 5.41) is 1.09. The number of hydrogen-bond donors (Lipinski definition) is 0. The Labute approximate surface area is 177 Å². The smallest absolute Gasteiger partial charge is 0.181 e. The third-order valence-electron chi connectivity index (χ3n) is 5.62. The van der Waals surface area contributed by atoms with E-state index in [-0.39, 0.29) is 0 Å². The average molecular weight is 422 g/mol. The van der Waals surface area contributed by atoms with Gasteiger partial charge in [-0.3, -0.25) is 4.31 Å². The molecule has 1 saturated heterocycles. The summed E-state index contributed by atoms with van der Waals surface area (Å²) in [6.45, 7) is 3.77. The molecule has 0 spiro atoms. The van der Waals surface area contributed by atoms with Crippen LogP contribution in [0.1, 0.15) is 13.3 Å². The Balaban J connectivity index is 1.71. The van der Waals surface area contributed by atoms with Crippen LogP contribution in [0.25, 0.3) is 33.5 Å². The van der Waals surface area contributed by atoms with Crippen LogP contribution in [0.2, 0.25) is 0 Å². The molecule has 0 bridgehead atoms. The van der Waals surface area contributed by atoms with E-state index in [4.69, 9.17) is 9.15 Å². The lowest BCUT2D eigenvalue weighted by atomic mass is 10.0. The first kappa shape index (κ1) is 18.9. The van der Waals surface area contributed by atoms with Crippen LogP contribution in [0.5, 0.6) is 5.75 Å². The number of aromatic nitrogens is 2. The lowest BCUT2D eigenvalue weighted by molar-refractivity contribution is 0.415. The highest BCUT2D eigenvalue weighted by Gasteiger charge is 2.23. The summed E-state index contributed by atoms with van der Waals surface area (Å²) in [5.74, 6) is 2.29. The predicted octanol–water partition coefficient (Wildman–Crippen LogP) is 4.87. The highest BCUT2D eigenvalue weighted by molar-refractivity contribution is 7.86. The molecule has 0 N–H and O–H groups in total. The van der Waals surface area contributed by atoms with Crippen molar-refractivity contribution in [3.8, 4) is 28.3 Å². The number of benzene rings is 2. The topological polar surface area (TPSA) is 60.5 Å². The maximum atomic E-state index is 12.2. The summed E-state index contributed by atoms with van der Waals surface area (Å²) in [4.78, 5) is 4.14. The fourth-order valence-electron chi connectivity index (χ4n) is 4.25. The van der Waals surface area contributed by atoms with Crippen molar-refractivity contribution in [1.82, 2.24) is 9.55 Å². The molecule has 0 amide bonds. The molecule has 1 unspecified atom stereocenters. The lowest BCUT2D eigenvalue weighted by Crippen LogP contribution is -2.19. The first-order valence-electron chi connectivity index (χ1n) is 10.1. The number of rotatable bonds is 5. The standard InChI is InChI=1S/C23H23N3O3S/c1-3-25-20-13-18(28-2)9-10-19(20)22(21-14-24-15-29-21)23(25)16-5-7-17(8-6-16)26-11-4-12-30(26)27/h5-10,13-15H,3-4,11-12H2,1-2H3. The van der Waals surface area contributed by atoms with Gasteiger partial charge in [0.1, 0.15) is 16.7 Å². The van der Waals surface area contributed by atoms with Gasteiger partial charge >= 0.3 is 0 Å². The van der Waals surface area contributed by atoms with E-state index in [2.05, 4.69) is 52.9 Å². The largest absolute Gasteiger partial charge is 0.497 e. The number of aryl methyl sites for hydroxylation is 1. The van der Waals surface area contributed by atoms with Gasteiger partial charge in [-0.15, -0.1) is 0 Å². The van der Waals surface area contributed by atoms with Gasteiger partial charge < -0.3 is 13.7 Å². The van der Waals surface area contributed by atoms with E-state index in [1.807, 2.05) is 10.4 Å². The van der Waals surface area contributed by atoms with Crippen molar-refractivity contribution < 1.29 is 13.4 Å². The van der Waals surface area contributed by atoms with Crippen molar-refractivity contribution in [2.45, 2.75) is 19.9 Å².